The summed E-state index contributed by atoms with van der Waals surface area (Å²) in [6.45, 7) is 0.867. The van der Waals surface area contributed by atoms with Crippen LogP contribution in [0.5, 0.6) is 0 Å². The molecular formula is C13H15N5O2S. The van der Waals surface area contributed by atoms with Gasteiger partial charge in [0.2, 0.25) is 5.95 Å². The normalized spacial score (nSPS) is 13.8. The van der Waals surface area contributed by atoms with Crippen LogP contribution in [0.15, 0.2) is 23.1 Å². The second kappa shape index (κ2) is 4.59. The van der Waals surface area contributed by atoms with Gasteiger partial charge in [0.15, 0.2) is 9.84 Å². The van der Waals surface area contributed by atoms with Gasteiger partial charge in [0.05, 0.1) is 5.69 Å². The van der Waals surface area contributed by atoms with Gasteiger partial charge in [-0.25, -0.2) is 13.4 Å². The zero-order valence-corrected chi connectivity index (χ0v) is 12.2. The third kappa shape index (κ3) is 2.38. The molecule has 0 radical (unpaired) electrons. The summed E-state index contributed by atoms with van der Waals surface area (Å²) in [5.41, 5.74) is 14.4. The zero-order valence-electron chi connectivity index (χ0n) is 11.4. The Morgan fingerprint density at radius 2 is 2.00 bits per heavy atom. The van der Waals surface area contributed by atoms with Gasteiger partial charge < -0.3 is 16.8 Å². The quantitative estimate of drug-likeness (QED) is 0.745. The van der Waals surface area contributed by atoms with E-state index in [1.54, 1.807) is 6.07 Å². The average molecular weight is 305 g/mol. The highest BCUT2D eigenvalue weighted by Gasteiger charge is 2.23. The second-order valence-corrected chi connectivity index (χ2v) is 6.92. The van der Waals surface area contributed by atoms with Crippen LogP contribution >= 0.6 is 0 Å². The Balaban J connectivity index is 2.27. The van der Waals surface area contributed by atoms with Crippen molar-refractivity contribution in [1.82, 2.24) is 9.97 Å². The Labute approximate surface area is 122 Å². The highest BCUT2D eigenvalue weighted by atomic mass is 32.2. The van der Waals surface area contributed by atoms with Gasteiger partial charge in [-0.2, -0.15) is 4.98 Å². The van der Waals surface area contributed by atoms with E-state index in [4.69, 9.17) is 11.5 Å². The van der Waals surface area contributed by atoms with Crippen LogP contribution in [0.4, 0.5) is 17.5 Å². The van der Waals surface area contributed by atoms with Gasteiger partial charge in [0, 0.05) is 24.1 Å². The maximum absolute atomic E-state index is 12.0. The monoisotopic (exact) mass is 305 g/mol. The molecule has 0 saturated carbocycles. The number of nitrogens with one attached hydrogen (secondary N) is 1. The van der Waals surface area contributed by atoms with E-state index in [-0.39, 0.29) is 22.4 Å². The molecule has 2 heterocycles. The molecule has 8 heteroatoms. The lowest BCUT2D eigenvalue weighted by atomic mass is 10.1. The first kappa shape index (κ1) is 13.6. The maximum Gasteiger partial charge on any atom is 0.222 e. The van der Waals surface area contributed by atoms with Crippen molar-refractivity contribution < 1.29 is 8.42 Å². The number of fused-ring (bicyclic) bond motifs is 1. The van der Waals surface area contributed by atoms with Crippen LogP contribution in [-0.2, 0) is 16.3 Å². The Morgan fingerprint density at radius 1 is 1.24 bits per heavy atom. The van der Waals surface area contributed by atoms with Crippen molar-refractivity contribution in [2.75, 3.05) is 29.6 Å². The summed E-state index contributed by atoms with van der Waals surface area (Å²) >= 11 is 0. The number of anilines is 3. The first-order valence-corrected chi connectivity index (χ1v) is 8.25. The van der Waals surface area contributed by atoms with Crippen molar-refractivity contribution in [1.29, 1.82) is 0 Å². The molecule has 1 aliphatic heterocycles. The SMILES string of the molecule is CS(=O)(=O)c1c(N)nc(N)nc1-c1ccc2c(c1)CCN2. The van der Waals surface area contributed by atoms with Gasteiger partial charge in [-0.3, -0.25) is 0 Å². The van der Waals surface area contributed by atoms with Crippen molar-refractivity contribution in [2.45, 2.75) is 11.3 Å². The summed E-state index contributed by atoms with van der Waals surface area (Å²) in [7, 11) is -3.56. The van der Waals surface area contributed by atoms with Crippen LogP contribution < -0.4 is 16.8 Å². The van der Waals surface area contributed by atoms with Crippen LogP contribution in [0.2, 0.25) is 0 Å². The number of benzene rings is 1. The van der Waals surface area contributed by atoms with Crippen molar-refractivity contribution in [3.63, 3.8) is 0 Å². The van der Waals surface area contributed by atoms with E-state index >= 15 is 0 Å². The van der Waals surface area contributed by atoms with Gasteiger partial charge in [-0.15, -0.1) is 0 Å². The first-order valence-electron chi connectivity index (χ1n) is 6.36. The van der Waals surface area contributed by atoms with Crippen LogP contribution in [0, 0.1) is 0 Å². The maximum atomic E-state index is 12.0. The number of hydrogen-bond donors (Lipinski definition) is 3. The Bertz CT molecular complexity index is 833. The molecule has 0 bridgehead atoms. The molecule has 7 nitrogen and oxygen atoms in total. The number of hydrogen-bond acceptors (Lipinski definition) is 7. The number of nitrogens with two attached hydrogens (primary N) is 2. The fourth-order valence-corrected chi connectivity index (χ4v) is 3.44. The van der Waals surface area contributed by atoms with Gasteiger partial charge in [-0.1, -0.05) is 6.07 Å². The van der Waals surface area contributed by atoms with Gasteiger partial charge >= 0.3 is 0 Å². The average Bonchev–Trinajstić information content (AvgIpc) is 2.82. The Morgan fingerprint density at radius 3 is 2.71 bits per heavy atom. The summed E-state index contributed by atoms with van der Waals surface area (Å²) in [5.74, 6) is -0.174. The van der Waals surface area contributed by atoms with Crippen LogP contribution in [0.25, 0.3) is 11.3 Å². The van der Waals surface area contributed by atoms with Gasteiger partial charge in [0.25, 0.3) is 0 Å². The molecular weight excluding hydrogens is 290 g/mol. The third-order valence-corrected chi connectivity index (χ3v) is 4.51. The summed E-state index contributed by atoms with van der Waals surface area (Å²) < 4.78 is 24.0. The molecule has 5 N–H and O–H groups in total. The third-order valence-electron chi connectivity index (χ3n) is 3.37. The molecule has 0 amide bonds. The molecule has 0 fully saturated rings. The highest BCUT2D eigenvalue weighted by molar-refractivity contribution is 7.91. The molecule has 0 aliphatic carbocycles. The topological polar surface area (TPSA) is 124 Å². The number of aromatic nitrogens is 2. The smallest absolute Gasteiger partial charge is 0.222 e. The molecule has 0 atom stereocenters. The van der Waals surface area contributed by atoms with E-state index in [0.29, 0.717) is 5.56 Å². The van der Waals surface area contributed by atoms with Gasteiger partial charge in [-0.05, 0) is 24.1 Å². The van der Waals surface area contributed by atoms with Crippen molar-refractivity contribution in [3.05, 3.63) is 23.8 Å². The van der Waals surface area contributed by atoms with E-state index in [9.17, 15) is 8.42 Å². The van der Waals surface area contributed by atoms with E-state index in [1.807, 2.05) is 12.1 Å². The predicted octanol–water partition coefficient (Wildman–Crippen LogP) is 0.680. The molecule has 1 aliphatic rings. The summed E-state index contributed by atoms with van der Waals surface area (Å²) in [4.78, 5) is 7.75. The van der Waals surface area contributed by atoms with Crippen LogP contribution in [-0.4, -0.2) is 31.2 Å². The van der Waals surface area contributed by atoms with Crippen molar-refractivity contribution >= 4 is 27.3 Å². The second-order valence-electron chi connectivity index (χ2n) is 4.97. The molecule has 21 heavy (non-hydrogen) atoms. The minimum atomic E-state index is -3.56. The standard InChI is InChI=1S/C13H15N5O2S/c1-21(19,20)11-10(17-13(15)18-12(11)14)8-2-3-9-7(6-8)4-5-16-9/h2-3,6,16H,4-5H2,1H3,(H4,14,15,17,18). The number of nitrogens with zero attached hydrogens (tertiary/aromatic N) is 2. The number of nitrogen functional groups attached to an aromatic ring is 2. The Hall–Kier alpha value is -2.35. The molecule has 0 saturated heterocycles. The molecule has 2 aromatic rings. The van der Waals surface area contributed by atoms with Crippen LogP contribution in [0.1, 0.15) is 5.56 Å². The number of rotatable bonds is 2. The molecule has 110 valence electrons. The predicted molar refractivity (Wildman–Crippen MR) is 81.6 cm³/mol. The lowest BCUT2D eigenvalue weighted by Crippen LogP contribution is -2.11. The van der Waals surface area contributed by atoms with E-state index in [0.717, 1.165) is 30.5 Å². The lowest BCUT2D eigenvalue weighted by molar-refractivity contribution is 0.602. The fraction of sp³-hybridized carbons (Fsp3) is 0.231. The van der Waals surface area contributed by atoms with E-state index in [2.05, 4.69) is 15.3 Å². The molecule has 0 unspecified atom stereocenters. The number of sulfone groups is 1. The molecule has 1 aromatic heterocycles. The highest BCUT2D eigenvalue weighted by Crippen LogP contribution is 2.33. The Kier molecular flexibility index (Phi) is 2.98. The molecule has 1 aromatic carbocycles. The summed E-state index contributed by atoms with van der Waals surface area (Å²) in [6.07, 6.45) is 1.96. The zero-order chi connectivity index (χ0) is 15.2. The van der Waals surface area contributed by atoms with Crippen molar-refractivity contribution in [2.24, 2.45) is 0 Å². The van der Waals surface area contributed by atoms with Gasteiger partial charge in [0.1, 0.15) is 10.7 Å². The molecule has 3 rings (SSSR count). The molecule has 0 spiro atoms. The minimum absolute atomic E-state index is 0.0477. The van der Waals surface area contributed by atoms with Crippen LogP contribution in [0.3, 0.4) is 0 Å². The van der Waals surface area contributed by atoms with E-state index in [1.165, 1.54) is 0 Å². The minimum Gasteiger partial charge on any atom is -0.384 e. The lowest BCUT2D eigenvalue weighted by Gasteiger charge is -2.11. The first-order chi connectivity index (χ1) is 9.86. The largest absolute Gasteiger partial charge is 0.384 e. The summed E-state index contributed by atoms with van der Waals surface area (Å²) in [5, 5.41) is 3.25. The van der Waals surface area contributed by atoms with E-state index < -0.39 is 9.84 Å². The fourth-order valence-electron chi connectivity index (χ4n) is 2.50. The summed E-state index contributed by atoms with van der Waals surface area (Å²) in [6, 6.07) is 5.61. The van der Waals surface area contributed by atoms with Crippen molar-refractivity contribution in [3.8, 4) is 11.3 Å².